The minimum atomic E-state index is -0.308. The van der Waals surface area contributed by atoms with Gasteiger partial charge in [0, 0.05) is 21.2 Å². The maximum Gasteiger partial charge on any atom is 0.326 e. The van der Waals surface area contributed by atoms with Gasteiger partial charge in [0.2, 0.25) is 5.91 Å². The molecular weight excluding hydrogens is 498 g/mol. The Morgan fingerprint density at radius 1 is 0.892 bits per heavy atom. The summed E-state index contributed by atoms with van der Waals surface area (Å²) in [6.07, 6.45) is 8.26. The molecule has 0 saturated heterocycles. The molecule has 7 heteroatoms. The molecule has 3 aromatic rings. The molecule has 2 aliphatic rings. The fraction of sp³-hybridized carbons (Fsp3) is 0.200. The molecular formula is C30H29N3O2S2. The van der Waals surface area contributed by atoms with E-state index in [0.29, 0.717) is 5.69 Å². The van der Waals surface area contributed by atoms with E-state index >= 15 is 0 Å². The van der Waals surface area contributed by atoms with Crippen LogP contribution in [0.1, 0.15) is 18.1 Å². The van der Waals surface area contributed by atoms with Crippen LogP contribution in [0.25, 0.3) is 0 Å². The number of anilines is 3. The first-order valence-electron chi connectivity index (χ1n) is 12.2. The van der Waals surface area contributed by atoms with E-state index in [9.17, 15) is 9.59 Å². The van der Waals surface area contributed by atoms with E-state index in [-0.39, 0.29) is 28.5 Å². The average molecular weight is 528 g/mol. The Morgan fingerprint density at radius 2 is 1.65 bits per heavy atom. The van der Waals surface area contributed by atoms with Gasteiger partial charge in [-0.15, -0.1) is 23.5 Å². The molecule has 0 spiro atoms. The van der Waals surface area contributed by atoms with Crippen molar-refractivity contribution in [2.75, 3.05) is 15.5 Å². The first-order chi connectivity index (χ1) is 17.9. The van der Waals surface area contributed by atoms with Gasteiger partial charge in [-0.1, -0.05) is 48.6 Å². The van der Waals surface area contributed by atoms with Crippen LogP contribution in [0.3, 0.4) is 0 Å². The second-order valence-corrected chi connectivity index (χ2v) is 11.9. The molecule has 3 aromatic carbocycles. The summed E-state index contributed by atoms with van der Waals surface area (Å²) in [5, 5.41) is 5.97. The fourth-order valence-corrected chi connectivity index (χ4v) is 6.79. The maximum absolute atomic E-state index is 13.6. The monoisotopic (exact) mass is 527 g/mol. The van der Waals surface area contributed by atoms with Gasteiger partial charge in [-0.25, -0.2) is 4.79 Å². The molecule has 3 atom stereocenters. The number of nitrogens with one attached hydrogen (secondary N) is 2. The van der Waals surface area contributed by atoms with Crippen molar-refractivity contribution in [3.63, 3.8) is 0 Å². The summed E-state index contributed by atoms with van der Waals surface area (Å²) in [7, 11) is 0. The van der Waals surface area contributed by atoms with E-state index < -0.39 is 0 Å². The highest BCUT2D eigenvalue weighted by molar-refractivity contribution is 8.00. The number of hydrogen-bond acceptors (Lipinski definition) is 4. The molecule has 5 rings (SSSR count). The normalized spacial score (nSPS) is 18.5. The average Bonchev–Trinajstić information content (AvgIpc) is 2.86. The van der Waals surface area contributed by atoms with Gasteiger partial charge in [0.15, 0.2) is 0 Å². The highest BCUT2D eigenvalue weighted by Gasteiger charge is 2.36. The van der Waals surface area contributed by atoms with Gasteiger partial charge in [-0.05, 0) is 74.4 Å². The molecule has 188 valence electrons. The van der Waals surface area contributed by atoms with Crippen LogP contribution in [-0.4, -0.2) is 28.5 Å². The Labute approximate surface area is 226 Å². The molecule has 0 radical (unpaired) electrons. The third-order valence-corrected chi connectivity index (χ3v) is 8.62. The van der Waals surface area contributed by atoms with Crippen molar-refractivity contribution in [2.45, 2.75) is 47.1 Å². The lowest BCUT2D eigenvalue weighted by molar-refractivity contribution is -0.115. The van der Waals surface area contributed by atoms with Crippen LogP contribution in [0.15, 0.2) is 101 Å². The lowest BCUT2D eigenvalue weighted by atomic mass is 10.1. The van der Waals surface area contributed by atoms with Crippen LogP contribution < -0.4 is 15.5 Å². The molecule has 0 fully saturated rings. The second-order valence-electron chi connectivity index (χ2n) is 9.26. The van der Waals surface area contributed by atoms with Crippen molar-refractivity contribution < 1.29 is 9.59 Å². The van der Waals surface area contributed by atoms with Gasteiger partial charge < -0.3 is 10.6 Å². The lowest BCUT2D eigenvalue weighted by Crippen LogP contribution is -2.49. The Hall–Kier alpha value is -3.42. The standard InChI is InChI=1S/C30H29N3O2S2/c1-19-15-20(2)17-23(16-19)31-29(34)21(3)36-24-10-8-9-22(18-24)32-30(35)33-25-11-4-6-13-27(25)37-28-14-7-5-12-26(28)33/h4-18,21,25,27H,1-3H3,(H,31,34)(H,32,35). The number of amides is 3. The van der Waals surface area contributed by atoms with Crippen LogP contribution >= 0.6 is 23.5 Å². The Kier molecular flexibility index (Phi) is 7.44. The SMILES string of the molecule is Cc1cc(C)cc(NC(=O)C(C)Sc2cccc(NC(=O)N3c4ccccc4SC4C=CC=CC43)c2)c1. The van der Waals surface area contributed by atoms with E-state index in [4.69, 9.17) is 0 Å². The van der Waals surface area contributed by atoms with Gasteiger partial charge in [0.1, 0.15) is 0 Å². The summed E-state index contributed by atoms with van der Waals surface area (Å²) in [6.45, 7) is 5.92. The number of fused-ring (bicyclic) bond motifs is 2. The predicted octanol–water partition coefficient (Wildman–Crippen LogP) is 7.43. The number of carbonyl (C=O) groups is 2. The van der Waals surface area contributed by atoms with E-state index in [0.717, 1.165) is 32.3 Å². The second kappa shape index (κ2) is 10.9. The molecule has 2 N–H and O–H groups in total. The number of benzene rings is 3. The van der Waals surface area contributed by atoms with Gasteiger partial charge in [-0.3, -0.25) is 9.69 Å². The third kappa shape index (κ3) is 5.78. The largest absolute Gasteiger partial charge is 0.326 e. The predicted molar refractivity (Wildman–Crippen MR) is 156 cm³/mol. The first kappa shape index (κ1) is 25.2. The van der Waals surface area contributed by atoms with Crippen molar-refractivity contribution >= 4 is 52.5 Å². The van der Waals surface area contributed by atoms with Crippen molar-refractivity contribution in [1.29, 1.82) is 0 Å². The molecule has 0 saturated carbocycles. The summed E-state index contributed by atoms with van der Waals surface area (Å²) >= 11 is 3.24. The molecule has 1 heterocycles. The summed E-state index contributed by atoms with van der Waals surface area (Å²) in [6, 6.07) is 21.5. The Morgan fingerprint density at radius 3 is 2.46 bits per heavy atom. The highest BCUT2D eigenvalue weighted by Crippen LogP contribution is 2.43. The molecule has 5 nitrogen and oxygen atoms in total. The highest BCUT2D eigenvalue weighted by atomic mass is 32.2. The minimum absolute atomic E-state index is 0.0589. The summed E-state index contributed by atoms with van der Waals surface area (Å²) < 4.78 is 0. The van der Waals surface area contributed by atoms with Crippen LogP contribution in [-0.2, 0) is 4.79 Å². The molecule has 0 bridgehead atoms. The number of urea groups is 1. The number of aryl methyl sites for hydroxylation is 2. The number of rotatable bonds is 5. The van der Waals surface area contributed by atoms with Gasteiger partial charge in [0.05, 0.1) is 22.2 Å². The maximum atomic E-state index is 13.6. The number of para-hydroxylation sites is 1. The summed E-state index contributed by atoms with van der Waals surface area (Å²) in [5.41, 5.74) is 4.63. The lowest BCUT2D eigenvalue weighted by Gasteiger charge is -2.40. The quantitative estimate of drug-likeness (QED) is 0.339. The number of thioether (sulfide) groups is 2. The zero-order valence-corrected chi connectivity index (χ0v) is 22.6. The first-order valence-corrected chi connectivity index (χ1v) is 14.0. The minimum Gasteiger partial charge on any atom is -0.325 e. The smallest absolute Gasteiger partial charge is 0.325 e. The van der Waals surface area contributed by atoms with E-state index in [1.165, 1.54) is 11.8 Å². The Bertz CT molecular complexity index is 1380. The summed E-state index contributed by atoms with van der Waals surface area (Å²) in [5.74, 6) is -0.0601. The number of nitrogens with zero attached hydrogens (tertiary/aromatic N) is 1. The molecule has 3 amide bonds. The van der Waals surface area contributed by atoms with E-state index in [1.54, 1.807) is 11.8 Å². The zero-order valence-electron chi connectivity index (χ0n) is 21.0. The molecule has 0 aromatic heterocycles. The zero-order chi connectivity index (χ0) is 25.9. The molecule has 1 aliphatic heterocycles. The van der Waals surface area contributed by atoms with Crippen LogP contribution in [0, 0.1) is 13.8 Å². The molecule has 37 heavy (non-hydrogen) atoms. The van der Waals surface area contributed by atoms with Crippen molar-refractivity contribution in [1.82, 2.24) is 0 Å². The van der Waals surface area contributed by atoms with E-state index in [2.05, 4.69) is 34.9 Å². The molecule has 3 unspecified atom stereocenters. The number of hydrogen-bond donors (Lipinski definition) is 2. The summed E-state index contributed by atoms with van der Waals surface area (Å²) in [4.78, 5) is 30.2. The Balaban J connectivity index is 1.28. The van der Waals surface area contributed by atoms with Gasteiger partial charge in [0.25, 0.3) is 0 Å². The van der Waals surface area contributed by atoms with Gasteiger partial charge in [-0.2, -0.15) is 0 Å². The van der Waals surface area contributed by atoms with Crippen LogP contribution in [0.5, 0.6) is 0 Å². The van der Waals surface area contributed by atoms with Crippen LogP contribution in [0.4, 0.5) is 21.9 Å². The van der Waals surface area contributed by atoms with Crippen molar-refractivity contribution in [3.05, 3.63) is 102 Å². The fourth-order valence-electron chi connectivity index (χ4n) is 4.60. The number of carbonyl (C=O) groups excluding carboxylic acids is 2. The third-order valence-electron chi connectivity index (χ3n) is 6.22. The number of allylic oxidation sites excluding steroid dienone is 2. The van der Waals surface area contributed by atoms with Crippen LogP contribution in [0.2, 0.25) is 0 Å². The van der Waals surface area contributed by atoms with Gasteiger partial charge >= 0.3 is 6.03 Å². The van der Waals surface area contributed by atoms with E-state index in [1.807, 2.05) is 92.4 Å². The van der Waals surface area contributed by atoms with Crippen molar-refractivity contribution in [2.24, 2.45) is 0 Å². The van der Waals surface area contributed by atoms with Crippen molar-refractivity contribution in [3.8, 4) is 0 Å². The topological polar surface area (TPSA) is 61.4 Å². The molecule has 1 aliphatic carbocycles.